The Morgan fingerprint density at radius 3 is 3.08 bits per heavy atom. The van der Waals surface area contributed by atoms with Crippen LogP contribution in [-0.4, -0.2) is 6.04 Å². The van der Waals surface area contributed by atoms with Crippen LogP contribution in [0, 0.1) is 11.3 Å². The highest BCUT2D eigenvalue weighted by molar-refractivity contribution is 7.10. The van der Waals surface area contributed by atoms with Gasteiger partial charge in [-0.2, -0.15) is 5.26 Å². The third-order valence-electron chi connectivity index (χ3n) is 1.94. The van der Waals surface area contributed by atoms with Crippen molar-refractivity contribution >= 4 is 11.3 Å². The average molecular weight is 178 g/mol. The predicted molar refractivity (Wildman–Crippen MR) is 48.9 cm³/mol. The Hall–Kier alpha value is -0.850. The fraction of sp³-hybridized carbons (Fsp3) is 0.444. The van der Waals surface area contributed by atoms with Crippen LogP contribution in [0.15, 0.2) is 11.4 Å². The number of hydrogen-bond acceptors (Lipinski definition) is 3. The molecule has 0 bridgehead atoms. The minimum Gasteiger partial charge on any atom is -0.310 e. The molecule has 2 nitrogen and oxygen atoms in total. The van der Waals surface area contributed by atoms with E-state index in [9.17, 15) is 0 Å². The first kappa shape index (κ1) is 7.78. The molecule has 1 aromatic heterocycles. The molecule has 0 saturated heterocycles. The van der Waals surface area contributed by atoms with Crippen molar-refractivity contribution in [3.63, 3.8) is 0 Å². The maximum absolute atomic E-state index is 8.58. The lowest BCUT2D eigenvalue weighted by Gasteiger charge is -1.97. The summed E-state index contributed by atoms with van der Waals surface area (Å²) in [5, 5.41) is 14.0. The normalized spacial score (nSPS) is 15.9. The maximum atomic E-state index is 8.58. The van der Waals surface area contributed by atoms with E-state index in [-0.39, 0.29) is 0 Å². The first-order valence-electron chi connectivity index (χ1n) is 4.09. The summed E-state index contributed by atoms with van der Waals surface area (Å²) in [7, 11) is 0. The highest BCUT2D eigenvalue weighted by atomic mass is 32.1. The quantitative estimate of drug-likeness (QED) is 0.767. The van der Waals surface area contributed by atoms with Crippen molar-refractivity contribution in [2.24, 2.45) is 0 Å². The van der Waals surface area contributed by atoms with Gasteiger partial charge in [-0.3, -0.25) is 0 Å². The minimum atomic E-state index is 0.746. The molecular weight excluding hydrogens is 168 g/mol. The lowest BCUT2D eigenvalue weighted by Crippen LogP contribution is -2.14. The molecule has 0 amide bonds. The molecule has 0 spiro atoms. The van der Waals surface area contributed by atoms with Crippen LogP contribution in [0.25, 0.3) is 0 Å². The Labute approximate surface area is 75.8 Å². The predicted octanol–water partition coefficient (Wildman–Crippen LogP) is 1.87. The zero-order valence-electron chi connectivity index (χ0n) is 6.71. The standard InChI is InChI=1S/C9H10N2S/c10-4-9-3-7(6-12-9)5-11-8-1-2-8/h3,6,8,11H,1-2,5H2. The van der Waals surface area contributed by atoms with Crippen molar-refractivity contribution in [2.45, 2.75) is 25.4 Å². The molecule has 0 aliphatic heterocycles. The van der Waals surface area contributed by atoms with Crippen LogP contribution >= 0.6 is 11.3 Å². The fourth-order valence-corrected chi connectivity index (χ4v) is 1.78. The lowest BCUT2D eigenvalue weighted by atomic mass is 10.3. The average Bonchev–Trinajstić information content (AvgIpc) is 2.81. The van der Waals surface area contributed by atoms with E-state index in [4.69, 9.17) is 5.26 Å². The number of nitriles is 1. The van der Waals surface area contributed by atoms with Crippen LogP contribution in [0.1, 0.15) is 23.3 Å². The van der Waals surface area contributed by atoms with Gasteiger partial charge in [0.25, 0.3) is 0 Å². The molecule has 1 heterocycles. The van der Waals surface area contributed by atoms with E-state index in [0.717, 1.165) is 17.5 Å². The molecule has 12 heavy (non-hydrogen) atoms. The van der Waals surface area contributed by atoms with Crippen molar-refractivity contribution in [1.29, 1.82) is 5.26 Å². The number of thiophene rings is 1. The van der Waals surface area contributed by atoms with E-state index in [2.05, 4.69) is 11.4 Å². The van der Waals surface area contributed by atoms with E-state index in [1.807, 2.05) is 11.4 Å². The van der Waals surface area contributed by atoms with Gasteiger partial charge in [-0.15, -0.1) is 11.3 Å². The largest absolute Gasteiger partial charge is 0.310 e. The van der Waals surface area contributed by atoms with Crippen LogP contribution in [0.2, 0.25) is 0 Å². The molecular formula is C9H10N2S. The van der Waals surface area contributed by atoms with Gasteiger partial charge in [-0.05, 0) is 29.9 Å². The summed E-state index contributed by atoms with van der Waals surface area (Å²) in [5.74, 6) is 0. The molecule has 2 rings (SSSR count). The Morgan fingerprint density at radius 2 is 2.50 bits per heavy atom. The zero-order chi connectivity index (χ0) is 8.39. The SMILES string of the molecule is N#Cc1cc(CNC2CC2)cs1. The van der Waals surface area contributed by atoms with Gasteiger partial charge in [0.2, 0.25) is 0 Å². The maximum Gasteiger partial charge on any atom is 0.110 e. The van der Waals surface area contributed by atoms with Gasteiger partial charge < -0.3 is 5.32 Å². The Morgan fingerprint density at radius 1 is 1.67 bits per heavy atom. The number of rotatable bonds is 3. The van der Waals surface area contributed by atoms with E-state index in [0.29, 0.717) is 0 Å². The van der Waals surface area contributed by atoms with Gasteiger partial charge in [0, 0.05) is 12.6 Å². The summed E-state index contributed by atoms with van der Waals surface area (Å²) >= 11 is 1.52. The van der Waals surface area contributed by atoms with Gasteiger partial charge >= 0.3 is 0 Å². The first-order chi connectivity index (χ1) is 5.88. The van der Waals surface area contributed by atoms with Crippen LogP contribution in [0.5, 0.6) is 0 Å². The van der Waals surface area contributed by atoms with E-state index in [1.54, 1.807) is 0 Å². The van der Waals surface area contributed by atoms with Crippen molar-refractivity contribution in [2.75, 3.05) is 0 Å². The van der Waals surface area contributed by atoms with Crippen molar-refractivity contribution < 1.29 is 0 Å². The summed E-state index contributed by atoms with van der Waals surface area (Å²) in [6.45, 7) is 0.919. The van der Waals surface area contributed by atoms with Crippen molar-refractivity contribution in [3.8, 4) is 6.07 Å². The lowest BCUT2D eigenvalue weighted by molar-refractivity contribution is 0.689. The molecule has 1 saturated carbocycles. The van der Waals surface area contributed by atoms with Gasteiger partial charge in [0.15, 0.2) is 0 Å². The fourth-order valence-electron chi connectivity index (χ4n) is 1.08. The highest BCUT2D eigenvalue weighted by Gasteiger charge is 2.19. The third kappa shape index (κ3) is 1.84. The summed E-state index contributed by atoms with van der Waals surface area (Å²) in [6, 6.07) is 4.85. The van der Waals surface area contributed by atoms with Crippen LogP contribution in [0.3, 0.4) is 0 Å². The van der Waals surface area contributed by atoms with Crippen LogP contribution in [-0.2, 0) is 6.54 Å². The van der Waals surface area contributed by atoms with Gasteiger partial charge in [-0.1, -0.05) is 0 Å². The van der Waals surface area contributed by atoms with Gasteiger partial charge in [0.1, 0.15) is 10.9 Å². The molecule has 0 aromatic carbocycles. The molecule has 0 atom stereocenters. The summed E-state index contributed by atoms with van der Waals surface area (Å²) in [4.78, 5) is 0.808. The molecule has 1 fully saturated rings. The van der Waals surface area contributed by atoms with Gasteiger partial charge in [0.05, 0.1) is 0 Å². The molecule has 3 heteroatoms. The monoisotopic (exact) mass is 178 g/mol. The second kappa shape index (κ2) is 3.26. The number of nitrogens with one attached hydrogen (secondary N) is 1. The van der Waals surface area contributed by atoms with Crippen molar-refractivity contribution in [3.05, 3.63) is 21.9 Å². The second-order valence-corrected chi connectivity index (χ2v) is 4.00. The second-order valence-electron chi connectivity index (χ2n) is 3.09. The van der Waals surface area contributed by atoms with E-state index in [1.165, 1.54) is 29.7 Å². The summed E-state index contributed by atoms with van der Waals surface area (Å²) < 4.78 is 0. The molecule has 0 radical (unpaired) electrons. The molecule has 0 unspecified atom stereocenters. The topological polar surface area (TPSA) is 35.8 Å². The Balaban J connectivity index is 1.90. The minimum absolute atomic E-state index is 0.746. The molecule has 62 valence electrons. The Kier molecular flexibility index (Phi) is 2.11. The van der Waals surface area contributed by atoms with Crippen LogP contribution in [0.4, 0.5) is 0 Å². The zero-order valence-corrected chi connectivity index (χ0v) is 7.53. The third-order valence-corrected chi connectivity index (χ3v) is 2.82. The van der Waals surface area contributed by atoms with Crippen LogP contribution < -0.4 is 5.32 Å². The first-order valence-corrected chi connectivity index (χ1v) is 4.97. The summed E-state index contributed by atoms with van der Waals surface area (Å²) in [5.41, 5.74) is 1.24. The number of hydrogen-bond donors (Lipinski definition) is 1. The van der Waals surface area contributed by atoms with E-state index >= 15 is 0 Å². The molecule has 1 aromatic rings. The molecule has 1 N–H and O–H groups in total. The molecule has 1 aliphatic carbocycles. The van der Waals surface area contributed by atoms with Crippen molar-refractivity contribution in [1.82, 2.24) is 5.32 Å². The number of nitrogens with zero attached hydrogens (tertiary/aromatic N) is 1. The summed E-state index contributed by atoms with van der Waals surface area (Å²) in [6.07, 6.45) is 2.63. The molecule has 1 aliphatic rings. The Bertz CT molecular complexity index is 307. The highest BCUT2D eigenvalue weighted by Crippen LogP contribution is 2.20. The smallest absolute Gasteiger partial charge is 0.110 e. The van der Waals surface area contributed by atoms with Gasteiger partial charge in [-0.25, -0.2) is 0 Å². The van der Waals surface area contributed by atoms with E-state index < -0.39 is 0 Å².